The van der Waals surface area contributed by atoms with Gasteiger partial charge in [-0.15, -0.1) is 0 Å². The molecule has 0 fully saturated rings. The van der Waals surface area contributed by atoms with Gasteiger partial charge < -0.3 is 15.1 Å². The average molecular weight is 169 g/mol. The predicted octanol–water partition coefficient (Wildman–Crippen LogP) is 0.766. The van der Waals surface area contributed by atoms with E-state index in [0.717, 1.165) is 5.69 Å². The third-order valence-corrected chi connectivity index (χ3v) is 1.91. The minimum Gasteiger partial charge on any atom is -0.432 e. The number of nitrogens with two attached hydrogens (primary N) is 1. The first-order valence-electron chi connectivity index (χ1n) is 4.00. The number of rotatable bonds is 3. The summed E-state index contributed by atoms with van der Waals surface area (Å²) in [5.74, 6) is 0. The number of hydrogen-bond donors (Lipinski definition) is 1. The van der Waals surface area contributed by atoms with Crippen molar-refractivity contribution in [1.29, 1.82) is 0 Å². The van der Waals surface area contributed by atoms with Crippen LogP contribution in [-0.2, 0) is 0 Å². The molecule has 1 heterocycles. The summed E-state index contributed by atoms with van der Waals surface area (Å²) in [6, 6.07) is 0.883. The molecule has 1 aromatic rings. The third-order valence-electron chi connectivity index (χ3n) is 1.91. The van der Waals surface area contributed by atoms with Crippen LogP contribution in [0.5, 0.6) is 0 Å². The van der Waals surface area contributed by atoms with E-state index in [2.05, 4.69) is 4.98 Å². The lowest BCUT2D eigenvalue weighted by Gasteiger charge is -2.20. The summed E-state index contributed by atoms with van der Waals surface area (Å²) in [6.07, 6.45) is 1.63. The van der Waals surface area contributed by atoms with Crippen LogP contribution in [0.2, 0.25) is 0 Å². The number of nitrogens with zero attached hydrogens (tertiary/aromatic N) is 2. The molecule has 4 heteroatoms. The van der Waals surface area contributed by atoms with Crippen LogP contribution in [-0.4, -0.2) is 24.6 Å². The Morgan fingerprint density at radius 3 is 2.83 bits per heavy atom. The monoisotopic (exact) mass is 169 g/mol. The highest BCUT2D eigenvalue weighted by Crippen LogP contribution is 2.12. The second kappa shape index (κ2) is 3.58. The molecule has 2 N–H and O–H groups in total. The Labute approximate surface area is 72.4 Å². The molecule has 0 saturated heterocycles. The van der Waals surface area contributed by atoms with E-state index in [1.54, 1.807) is 6.26 Å². The average Bonchev–Trinajstić information content (AvgIpc) is 2.49. The summed E-state index contributed by atoms with van der Waals surface area (Å²) in [5, 5.41) is 0. The van der Waals surface area contributed by atoms with E-state index < -0.39 is 0 Å². The topological polar surface area (TPSA) is 55.3 Å². The molecule has 1 rings (SSSR count). The van der Waals surface area contributed by atoms with Gasteiger partial charge in [-0.2, -0.15) is 4.98 Å². The van der Waals surface area contributed by atoms with Crippen molar-refractivity contribution >= 4 is 6.01 Å². The van der Waals surface area contributed by atoms with E-state index >= 15 is 0 Å². The lowest BCUT2D eigenvalue weighted by molar-refractivity contribution is 0.522. The van der Waals surface area contributed by atoms with Crippen molar-refractivity contribution in [2.24, 2.45) is 5.73 Å². The number of likely N-dealkylation sites (N-methyl/N-ethyl adjacent to an activating group) is 1. The second-order valence-electron chi connectivity index (χ2n) is 2.97. The molecule has 0 aliphatic heterocycles. The Balaban J connectivity index is 2.70. The molecule has 0 saturated carbocycles. The van der Waals surface area contributed by atoms with Gasteiger partial charge >= 0.3 is 0 Å². The number of aromatic nitrogens is 1. The Bertz CT molecular complexity index is 246. The van der Waals surface area contributed by atoms with Gasteiger partial charge in [-0.1, -0.05) is 0 Å². The van der Waals surface area contributed by atoms with Gasteiger partial charge in [0.25, 0.3) is 6.01 Å². The SMILES string of the molecule is Cc1coc(N(C)C(C)CN)n1. The van der Waals surface area contributed by atoms with Crippen molar-refractivity contribution in [3.05, 3.63) is 12.0 Å². The Kier molecular flexibility index (Phi) is 2.70. The normalized spacial score (nSPS) is 13.0. The zero-order valence-electron chi connectivity index (χ0n) is 7.74. The molecule has 0 aliphatic carbocycles. The van der Waals surface area contributed by atoms with Crippen LogP contribution in [0.15, 0.2) is 10.7 Å². The second-order valence-corrected chi connectivity index (χ2v) is 2.97. The quantitative estimate of drug-likeness (QED) is 0.726. The number of anilines is 1. The minimum atomic E-state index is 0.253. The smallest absolute Gasteiger partial charge is 0.297 e. The van der Waals surface area contributed by atoms with E-state index in [0.29, 0.717) is 12.6 Å². The van der Waals surface area contributed by atoms with Gasteiger partial charge in [-0.25, -0.2) is 0 Å². The fourth-order valence-electron chi connectivity index (χ4n) is 0.850. The summed E-state index contributed by atoms with van der Waals surface area (Å²) in [5.41, 5.74) is 6.40. The van der Waals surface area contributed by atoms with E-state index in [4.69, 9.17) is 10.2 Å². The summed E-state index contributed by atoms with van der Waals surface area (Å²) in [4.78, 5) is 6.11. The summed E-state index contributed by atoms with van der Waals surface area (Å²) < 4.78 is 5.21. The van der Waals surface area contributed by atoms with Crippen LogP contribution in [0.4, 0.5) is 6.01 Å². The molecule has 4 nitrogen and oxygen atoms in total. The molecule has 0 aromatic carbocycles. The first-order chi connectivity index (χ1) is 5.65. The van der Waals surface area contributed by atoms with Crippen molar-refractivity contribution in [3.63, 3.8) is 0 Å². The Morgan fingerprint density at radius 2 is 2.42 bits per heavy atom. The maximum atomic E-state index is 5.51. The van der Waals surface area contributed by atoms with Crippen molar-refractivity contribution in [3.8, 4) is 0 Å². The molecule has 0 spiro atoms. The van der Waals surface area contributed by atoms with Gasteiger partial charge in [0.05, 0.1) is 5.69 Å². The molecule has 68 valence electrons. The summed E-state index contributed by atoms with van der Waals surface area (Å²) >= 11 is 0. The van der Waals surface area contributed by atoms with E-state index in [1.165, 1.54) is 0 Å². The van der Waals surface area contributed by atoms with Crippen molar-refractivity contribution < 1.29 is 4.42 Å². The highest BCUT2D eigenvalue weighted by molar-refractivity contribution is 5.26. The van der Waals surface area contributed by atoms with Crippen molar-refractivity contribution in [1.82, 2.24) is 4.98 Å². The summed E-state index contributed by atoms with van der Waals surface area (Å²) in [6.45, 7) is 4.52. The zero-order valence-corrected chi connectivity index (χ0v) is 7.74. The summed E-state index contributed by atoms with van der Waals surface area (Å²) in [7, 11) is 1.92. The van der Waals surface area contributed by atoms with Crippen LogP contribution < -0.4 is 10.6 Å². The lowest BCUT2D eigenvalue weighted by atomic mass is 10.3. The van der Waals surface area contributed by atoms with E-state index in [-0.39, 0.29) is 6.04 Å². The molecular weight excluding hydrogens is 154 g/mol. The van der Waals surface area contributed by atoms with Gasteiger partial charge in [0.15, 0.2) is 0 Å². The number of oxazole rings is 1. The Morgan fingerprint density at radius 1 is 1.75 bits per heavy atom. The maximum Gasteiger partial charge on any atom is 0.297 e. The molecule has 1 aromatic heterocycles. The van der Waals surface area contributed by atoms with Gasteiger partial charge in [-0.3, -0.25) is 0 Å². The molecule has 1 unspecified atom stereocenters. The lowest BCUT2D eigenvalue weighted by Crippen LogP contribution is -2.35. The molecule has 0 bridgehead atoms. The van der Waals surface area contributed by atoms with E-state index in [9.17, 15) is 0 Å². The first kappa shape index (κ1) is 9.06. The predicted molar refractivity (Wildman–Crippen MR) is 48.2 cm³/mol. The van der Waals surface area contributed by atoms with Gasteiger partial charge in [0.2, 0.25) is 0 Å². The minimum absolute atomic E-state index is 0.253. The number of aryl methyl sites for hydroxylation is 1. The molecule has 1 atom stereocenters. The van der Waals surface area contributed by atoms with Gasteiger partial charge in [-0.05, 0) is 13.8 Å². The molecule has 12 heavy (non-hydrogen) atoms. The highest BCUT2D eigenvalue weighted by Gasteiger charge is 2.12. The third kappa shape index (κ3) is 1.76. The van der Waals surface area contributed by atoms with Crippen molar-refractivity contribution in [2.45, 2.75) is 19.9 Å². The first-order valence-corrected chi connectivity index (χ1v) is 4.00. The fourth-order valence-corrected chi connectivity index (χ4v) is 0.850. The standard InChI is InChI=1S/C8H15N3O/c1-6-5-12-8(10-6)11(3)7(2)4-9/h5,7H,4,9H2,1-3H3. The van der Waals surface area contributed by atoms with Crippen LogP contribution in [0, 0.1) is 6.92 Å². The Hall–Kier alpha value is -1.03. The van der Waals surface area contributed by atoms with Crippen molar-refractivity contribution in [2.75, 3.05) is 18.5 Å². The largest absolute Gasteiger partial charge is 0.432 e. The van der Waals surface area contributed by atoms with Gasteiger partial charge in [0.1, 0.15) is 6.26 Å². The van der Waals surface area contributed by atoms with E-state index in [1.807, 2.05) is 25.8 Å². The van der Waals surface area contributed by atoms with Crippen LogP contribution >= 0.6 is 0 Å². The van der Waals surface area contributed by atoms with Crippen LogP contribution in [0.3, 0.4) is 0 Å². The molecule has 0 aliphatic rings. The molecule has 0 radical (unpaired) electrons. The maximum absolute atomic E-state index is 5.51. The highest BCUT2D eigenvalue weighted by atomic mass is 16.4. The molecular formula is C8H15N3O. The number of hydrogen-bond acceptors (Lipinski definition) is 4. The molecule has 0 amide bonds. The van der Waals surface area contributed by atoms with Crippen LogP contribution in [0.1, 0.15) is 12.6 Å². The zero-order chi connectivity index (χ0) is 9.14. The van der Waals surface area contributed by atoms with Gasteiger partial charge in [0, 0.05) is 19.6 Å². The fraction of sp³-hybridized carbons (Fsp3) is 0.625. The van der Waals surface area contributed by atoms with Crippen LogP contribution in [0.25, 0.3) is 0 Å².